The predicted molar refractivity (Wildman–Crippen MR) is 89.3 cm³/mol. The topological polar surface area (TPSA) is 51.2 Å². The molecule has 0 aliphatic rings. The Kier molecular flexibility index (Phi) is 3.78. The first kappa shape index (κ1) is 13.6. The molecule has 2 aromatic carbocycles. The highest BCUT2D eigenvalue weighted by Crippen LogP contribution is 2.28. The van der Waals surface area contributed by atoms with Gasteiger partial charge in [-0.3, -0.25) is 5.84 Å². The number of nitrogens with one attached hydrogen (secondary N) is 1. The van der Waals surface area contributed by atoms with Gasteiger partial charge in [0.05, 0.1) is 0 Å². The minimum absolute atomic E-state index is 0.139. The third-order valence-electron chi connectivity index (χ3n) is 3.35. The van der Waals surface area contributed by atoms with Crippen molar-refractivity contribution in [2.45, 2.75) is 13.0 Å². The van der Waals surface area contributed by atoms with Crippen LogP contribution in [0.2, 0.25) is 0 Å². The summed E-state index contributed by atoms with van der Waals surface area (Å²) in [4.78, 5) is 0. The number of benzene rings is 2. The van der Waals surface area contributed by atoms with Gasteiger partial charge in [-0.05, 0) is 65.4 Å². The first-order chi connectivity index (χ1) is 9.67. The van der Waals surface area contributed by atoms with Gasteiger partial charge < -0.3 is 4.42 Å². The van der Waals surface area contributed by atoms with Gasteiger partial charge in [-0.15, -0.1) is 0 Å². The third kappa shape index (κ3) is 2.59. The fourth-order valence-electron chi connectivity index (χ4n) is 2.32. The summed E-state index contributed by atoms with van der Waals surface area (Å²) in [6.45, 7) is 2.07. The monoisotopic (exact) mass is 378 g/mol. The molecule has 0 saturated heterocycles. The van der Waals surface area contributed by atoms with E-state index in [0.29, 0.717) is 0 Å². The summed E-state index contributed by atoms with van der Waals surface area (Å²) >= 11 is 2.29. The van der Waals surface area contributed by atoms with Crippen molar-refractivity contribution in [3.63, 3.8) is 0 Å². The van der Waals surface area contributed by atoms with Crippen LogP contribution in [0.1, 0.15) is 22.9 Å². The quantitative estimate of drug-likeness (QED) is 0.413. The van der Waals surface area contributed by atoms with Crippen LogP contribution in [0.5, 0.6) is 0 Å². The number of hydrogen-bond acceptors (Lipinski definition) is 3. The van der Waals surface area contributed by atoms with Gasteiger partial charge in [0.15, 0.2) is 0 Å². The van der Waals surface area contributed by atoms with Crippen molar-refractivity contribution in [2.75, 3.05) is 0 Å². The zero-order valence-corrected chi connectivity index (χ0v) is 13.2. The Morgan fingerprint density at radius 1 is 1.10 bits per heavy atom. The van der Waals surface area contributed by atoms with E-state index in [2.05, 4.69) is 65.3 Å². The van der Waals surface area contributed by atoms with E-state index in [4.69, 9.17) is 10.3 Å². The molecule has 0 spiro atoms. The molecule has 102 valence electrons. The highest BCUT2D eigenvalue weighted by molar-refractivity contribution is 14.1. The summed E-state index contributed by atoms with van der Waals surface area (Å²) in [7, 11) is 0. The van der Waals surface area contributed by atoms with Crippen LogP contribution in [-0.4, -0.2) is 0 Å². The van der Waals surface area contributed by atoms with Crippen molar-refractivity contribution >= 4 is 33.6 Å². The summed E-state index contributed by atoms with van der Waals surface area (Å²) in [6.07, 6.45) is 0. The van der Waals surface area contributed by atoms with Crippen LogP contribution in [0.15, 0.2) is 52.9 Å². The van der Waals surface area contributed by atoms with Gasteiger partial charge in [-0.2, -0.15) is 0 Å². The highest BCUT2D eigenvalue weighted by Gasteiger charge is 2.17. The van der Waals surface area contributed by atoms with Crippen LogP contribution < -0.4 is 11.3 Å². The molecule has 0 amide bonds. The first-order valence-electron chi connectivity index (χ1n) is 6.39. The Balaban J connectivity index is 2.04. The molecular weight excluding hydrogens is 363 g/mol. The molecule has 3 aromatic rings. The molecule has 4 heteroatoms. The van der Waals surface area contributed by atoms with Crippen LogP contribution >= 0.6 is 22.6 Å². The molecule has 0 saturated carbocycles. The van der Waals surface area contributed by atoms with E-state index in [1.165, 1.54) is 9.13 Å². The lowest BCUT2D eigenvalue weighted by atomic mass is 10.0. The normalized spacial score (nSPS) is 12.8. The molecule has 0 aliphatic heterocycles. The van der Waals surface area contributed by atoms with Crippen LogP contribution in [0.3, 0.4) is 0 Å². The van der Waals surface area contributed by atoms with Crippen molar-refractivity contribution in [2.24, 2.45) is 5.84 Å². The molecule has 0 radical (unpaired) electrons. The molecule has 1 heterocycles. The molecule has 3 N–H and O–H groups in total. The third-order valence-corrected chi connectivity index (χ3v) is 4.06. The SMILES string of the molecule is Cc1ccc2oc(C(NN)c3ccc(I)cc3)cc2c1. The maximum absolute atomic E-state index is 5.92. The first-order valence-corrected chi connectivity index (χ1v) is 7.47. The number of halogens is 1. The maximum Gasteiger partial charge on any atom is 0.134 e. The Morgan fingerprint density at radius 2 is 1.85 bits per heavy atom. The molecule has 0 fully saturated rings. The number of nitrogens with two attached hydrogens (primary N) is 1. The van der Waals surface area contributed by atoms with E-state index in [-0.39, 0.29) is 6.04 Å². The van der Waals surface area contributed by atoms with Gasteiger partial charge in [-0.1, -0.05) is 23.8 Å². The summed E-state index contributed by atoms with van der Waals surface area (Å²) < 4.78 is 7.11. The van der Waals surface area contributed by atoms with Gasteiger partial charge in [0.25, 0.3) is 0 Å². The molecule has 3 nitrogen and oxygen atoms in total. The van der Waals surface area contributed by atoms with Crippen molar-refractivity contribution < 1.29 is 4.42 Å². The minimum Gasteiger partial charge on any atom is -0.459 e. The number of hydrogen-bond donors (Lipinski definition) is 2. The fourth-order valence-corrected chi connectivity index (χ4v) is 2.68. The smallest absolute Gasteiger partial charge is 0.134 e. The van der Waals surface area contributed by atoms with Crippen molar-refractivity contribution in [3.8, 4) is 0 Å². The second-order valence-electron chi connectivity index (χ2n) is 4.84. The highest BCUT2D eigenvalue weighted by atomic mass is 127. The Hall–Kier alpha value is -1.37. The summed E-state index contributed by atoms with van der Waals surface area (Å²) in [5, 5.41) is 1.10. The second kappa shape index (κ2) is 5.55. The summed E-state index contributed by atoms with van der Waals surface area (Å²) in [6, 6.07) is 16.3. The average Bonchev–Trinajstić information content (AvgIpc) is 2.84. The van der Waals surface area contributed by atoms with Crippen molar-refractivity contribution in [1.29, 1.82) is 0 Å². The fraction of sp³-hybridized carbons (Fsp3) is 0.125. The van der Waals surface area contributed by atoms with Gasteiger partial charge in [0.1, 0.15) is 17.4 Å². The van der Waals surface area contributed by atoms with Crippen molar-refractivity contribution in [1.82, 2.24) is 5.43 Å². The minimum atomic E-state index is -0.139. The zero-order valence-electron chi connectivity index (χ0n) is 11.1. The van der Waals surface area contributed by atoms with Crippen LogP contribution in [0, 0.1) is 10.5 Å². The van der Waals surface area contributed by atoms with E-state index >= 15 is 0 Å². The van der Waals surface area contributed by atoms with E-state index in [9.17, 15) is 0 Å². The number of aryl methyl sites for hydroxylation is 1. The van der Waals surface area contributed by atoms with E-state index in [0.717, 1.165) is 22.3 Å². The van der Waals surface area contributed by atoms with Crippen LogP contribution in [0.4, 0.5) is 0 Å². The molecule has 1 unspecified atom stereocenters. The molecule has 1 aromatic heterocycles. The van der Waals surface area contributed by atoms with Crippen molar-refractivity contribution in [3.05, 3.63) is 69.0 Å². The Labute approximate surface area is 131 Å². The van der Waals surface area contributed by atoms with Gasteiger partial charge >= 0.3 is 0 Å². The largest absolute Gasteiger partial charge is 0.459 e. The van der Waals surface area contributed by atoms with E-state index < -0.39 is 0 Å². The Bertz CT molecular complexity index is 734. The van der Waals surface area contributed by atoms with E-state index in [1.54, 1.807) is 0 Å². The standard InChI is InChI=1S/C16H15IN2O/c1-10-2-7-14-12(8-10)9-15(20-14)16(19-18)11-3-5-13(17)6-4-11/h2-9,16,19H,18H2,1H3. The van der Waals surface area contributed by atoms with Gasteiger partial charge in [0, 0.05) is 8.96 Å². The summed E-state index contributed by atoms with van der Waals surface area (Å²) in [5.74, 6) is 6.54. The molecule has 3 rings (SSSR count). The molecule has 20 heavy (non-hydrogen) atoms. The number of hydrazine groups is 1. The lowest BCUT2D eigenvalue weighted by Crippen LogP contribution is -2.28. The molecular formula is C16H15IN2O. The average molecular weight is 378 g/mol. The van der Waals surface area contributed by atoms with Gasteiger partial charge in [0.2, 0.25) is 0 Å². The number of fused-ring (bicyclic) bond motifs is 1. The molecule has 0 aliphatic carbocycles. The second-order valence-corrected chi connectivity index (χ2v) is 6.09. The van der Waals surface area contributed by atoms with Crippen LogP contribution in [0.25, 0.3) is 11.0 Å². The number of furan rings is 1. The molecule has 0 bridgehead atoms. The lowest BCUT2D eigenvalue weighted by Gasteiger charge is -2.13. The maximum atomic E-state index is 5.92. The van der Waals surface area contributed by atoms with Gasteiger partial charge in [-0.25, -0.2) is 5.43 Å². The predicted octanol–water partition coefficient (Wildman–Crippen LogP) is 3.90. The Morgan fingerprint density at radius 3 is 2.55 bits per heavy atom. The van der Waals surface area contributed by atoms with E-state index in [1.807, 2.05) is 18.2 Å². The number of rotatable bonds is 3. The molecule has 1 atom stereocenters. The lowest BCUT2D eigenvalue weighted by molar-refractivity contribution is 0.477. The zero-order chi connectivity index (χ0) is 14.1. The summed E-state index contributed by atoms with van der Waals surface area (Å²) in [5.41, 5.74) is 6.02. The van der Waals surface area contributed by atoms with Crippen LogP contribution in [-0.2, 0) is 0 Å².